The number of hydrogen-bond donors (Lipinski definition) is 4. The van der Waals surface area contributed by atoms with Crippen LogP contribution in [0.3, 0.4) is 0 Å². The van der Waals surface area contributed by atoms with Crippen molar-refractivity contribution < 1.29 is 34.3 Å². The van der Waals surface area contributed by atoms with Gasteiger partial charge in [-0.3, -0.25) is 0 Å². The summed E-state index contributed by atoms with van der Waals surface area (Å²) in [6, 6.07) is 30.5. The van der Waals surface area contributed by atoms with E-state index in [0.717, 1.165) is 33.4 Å². The quantitative estimate of drug-likeness (QED) is 0.122. The number of aliphatic hydroxyl groups excluding tert-OH is 2. The minimum absolute atomic E-state index is 0.0351. The number of nitrogens with zero attached hydrogens (tertiary/aromatic N) is 1. The summed E-state index contributed by atoms with van der Waals surface area (Å²) in [5.74, 6) is 0.0789. The number of amides is 1. The molecule has 0 saturated carbocycles. The van der Waals surface area contributed by atoms with Gasteiger partial charge in [-0.15, -0.1) is 0 Å². The summed E-state index contributed by atoms with van der Waals surface area (Å²) >= 11 is 0. The molecule has 252 valence electrons. The number of phenols is 1. The SMILES string of the molecule is C=CCOC(=O)NCc1cccc(-c2cccc([C@@H]3O[C@H](CN(C)C[C@@H](O)c4cccc(O)c4)[C@H](C)[C@H](c4ccc(CO)cc4)O3)c2)c1. The zero-order chi connectivity index (χ0) is 34.0. The van der Waals surface area contributed by atoms with E-state index in [4.69, 9.17) is 14.2 Å². The maximum atomic E-state index is 11.9. The lowest BCUT2D eigenvalue weighted by atomic mass is 9.89. The molecule has 48 heavy (non-hydrogen) atoms. The Morgan fingerprint density at radius 1 is 0.958 bits per heavy atom. The predicted octanol–water partition coefficient (Wildman–Crippen LogP) is 6.42. The highest BCUT2D eigenvalue weighted by Crippen LogP contribution is 2.42. The Balaban J connectivity index is 1.36. The molecule has 5 rings (SSSR count). The standard InChI is InChI=1S/C39H44N2O7/c1-4-18-46-39(45)40-22-28-8-5-9-30(19-28)31-10-6-12-33(20-31)38-47-36(24-41(3)23-35(44)32-11-7-13-34(43)21-32)26(2)37(48-38)29-16-14-27(25-42)15-17-29/h4-17,19-21,26,35-38,42-44H,1,18,22-25H2,2-3H3,(H,40,45)/t26-,35+,36+,37+,38+/m0/s1. The van der Waals surface area contributed by atoms with Gasteiger partial charge in [0, 0.05) is 31.1 Å². The van der Waals surface area contributed by atoms with Crippen molar-refractivity contribution in [3.8, 4) is 16.9 Å². The fourth-order valence-electron chi connectivity index (χ4n) is 5.93. The van der Waals surface area contributed by atoms with Crippen LogP contribution in [-0.2, 0) is 27.4 Å². The van der Waals surface area contributed by atoms with Crippen LogP contribution in [0.4, 0.5) is 4.79 Å². The maximum absolute atomic E-state index is 11.9. The molecule has 0 aliphatic carbocycles. The van der Waals surface area contributed by atoms with E-state index in [1.54, 1.807) is 24.3 Å². The van der Waals surface area contributed by atoms with Gasteiger partial charge >= 0.3 is 6.09 Å². The van der Waals surface area contributed by atoms with Crippen molar-refractivity contribution in [3.63, 3.8) is 0 Å². The van der Waals surface area contributed by atoms with Crippen molar-refractivity contribution in [1.29, 1.82) is 0 Å². The Morgan fingerprint density at radius 2 is 1.69 bits per heavy atom. The Hall–Kier alpha value is -4.51. The molecule has 9 nitrogen and oxygen atoms in total. The normalized spacial score (nSPS) is 19.9. The molecule has 4 aromatic rings. The predicted molar refractivity (Wildman–Crippen MR) is 184 cm³/mol. The van der Waals surface area contributed by atoms with Gasteiger partial charge < -0.3 is 39.7 Å². The summed E-state index contributed by atoms with van der Waals surface area (Å²) in [5, 5.41) is 33.1. The van der Waals surface area contributed by atoms with Gasteiger partial charge in [-0.25, -0.2) is 4.79 Å². The molecule has 1 fully saturated rings. The molecule has 0 bridgehead atoms. The summed E-state index contributed by atoms with van der Waals surface area (Å²) in [6.45, 7) is 6.98. The van der Waals surface area contributed by atoms with E-state index in [-0.39, 0.29) is 37.1 Å². The summed E-state index contributed by atoms with van der Waals surface area (Å²) in [4.78, 5) is 13.9. The van der Waals surface area contributed by atoms with E-state index in [9.17, 15) is 20.1 Å². The van der Waals surface area contributed by atoms with Gasteiger partial charge in [-0.1, -0.05) is 92.4 Å². The molecule has 9 heteroatoms. The molecule has 0 radical (unpaired) electrons. The van der Waals surface area contributed by atoms with E-state index in [2.05, 4.69) is 24.9 Å². The highest BCUT2D eigenvalue weighted by atomic mass is 16.7. The van der Waals surface area contributed by atoms with Crippen molar-refractivity contribution in [1.82, 2.24) is 10.2 Å². The van der Waals surface area contributed by atoms with Crippen LogP contribution >= 0.6 is 0 Å². The molecule has 5 atom stereocenters. The average Bonchev–Trinajstić information content (AvgIpc) is 3.11. The molecule has 1 amide bonds. The van der Waals surface area contributed by atoms with E-state index >= 15 is 0 Å². The number of carbonyl (C=O) groups excluding carboxylic acids is 1. The van der Waals surface area contributed by atoms with Crippen LogP contribution in [0.1, 0.15) is 53.2 Å². The first-order valence-electron chi connectivity index (χ1n) is 16.1. The maximum Gasteiger partial charge on any atom is 0.407 e. The Bertz CT molecular complexity index is 1660. The third-order valence-corrected chi connectivity index (χ3v) is 8.54. The minimum Gasteiger partial charge on any atom is -0.508 e. The van der Waals surface area contributed by atoms with Crippen LogP contribution in [-0.4, -0.2) is 59.2 Å². The summed E-state index contributed by atoms with van der Waals surface area (Å²) in [6.07, 6.45) is -0.959. The topological polar surface area (TPSA) is 121 Å². The number of aliphatic hydroxyl groups is 2. The van der Waals surface area contributed by atoms with Crippen LogP contribution in [0.15, 0.2) is 110 Å². The second-order valence-corrected chi connectivity index (χ2v) is 12.2. The van der Waals surface area contributed by atoms with Crippen molar-refractivity contribution in [2.75, 3.05) is 26.7 Å². The molecule has 1 aliphatic heterocycles. The van der Waals surface area contributed by atoms with Gasteiger partial charge in [0.15, 0.2) is 6.29 Å². The van der Waals surface area contributed by atoms with Gasteiger partial charge in [-0.2, -0.15) is 0 Å². The summed E-state index contributed by atoms with van der Waals surface area (Å²) in [7, 11) is 1.94. The lowest BCUT2D eigenvalue weighted by Gasteiger charge is -2.42. The Labute approximate surface area is 282 Å². The van der Waals surface area contributed by atoms with Gasteiger partial charge in [0.25, 0.3) is 0 Å². The molecular formula is C39H44N2O7. The molecule has 0 aromatic heterocycles. The fraction of sp³-hybridized carbons (Fsp3) is 0.308. The van der Waals surface area contributed by atoms with Crippen molar-refractivity contribution in [3.05, 3.63) is 138 Å². The largest absolute Gasteiger partial charge is 0.508 e. The van der Waals surface area contributed by atoms with E-state index in [0.29, 0.717) is 25.2 Å². The number of hydrogen-bond acceptors (Lipinski definition) is 8. The number of nitrogens with one attached hydrogen (secondary N) is 1. The monoisotopic (exact) mass is 652 g/mol. The number of aromatic hydroxyl groups is 1. The van der Waals surface area contributed by atoms with Crippen molar-refractivity contribution in [2.24, 2.45) is 5.92 Å². The number of phenolic OH excluding ortho intramolecular Hbond substituents is 1. The first kappa shape index (κ1) is 34.8. The molecule has 1 heterocycles. The lowest BCUT2D eigenvalue weighted by molar-refractivity contribution is -0.276. The molecule has 4 aromatic carbocycles. The van der Waals surface area contributed by atoms with Gasteiger partial charge in [-0.05, 0) is 64.7 Å². The van der Waals surface area contributed by atoms with E-state index in [1.165, 1.54) is 6.08 Å². The average molecular weight is 653 g/mol. The molecule has 0 unspecified atom stereocenters. The van der Waals surface area contributed by atoms with E-state index < -0.39 is 18.5 Å². The molecule has 1 saturated heterocycles. The number of benzene rings is 4. The molecular weight excluding hydrogens is 608 g/mol. The summed E-state index contributed by atoms with van der Waals surface area (Å²) in [5.41, 5.74) is 6.20. The van der Waals surface area contributed by atoms with Crippen LogP contribution in [0.2, 0.25) is 0 Å². The highest BCUT2D eigenvalue weighted by Gasteiger charge is 2.39. The third kappa shape index (κ3) is 9.09. The first-order chi connectivity index (χ1) is 23.2. The van der Waals surface area contributed by atoms with Crippen molar-refractivity contribution in [2.45, 2.75) is 44.7 Å². The fourth-order valence-corrected chi connectivity index (χ4v) is 5.93. The van der Waals surface area contributed by atoms with Gasteiger partial charge in [0.1, 0.15) is 12.4 Å². The number of likely N-dealkylation sites (N-methyl/N-ethyl adjacent to an activating group) is 1. The highest BCUT2D eigenvalue weighted by molar-refractivity contribution is 5.68. The Morgan fingerprint density at radius 3 is 2.42 bits per heavy atom. The number of carbonyl (C=O) groups is 1. The van der Waals surface area contributed by atoms with Gasteiger partial charge in [0.2, 0.25) is 0 Å². The Kier molecular flexibility index (Phi) is 12.0. The lowest BCUT2D eigenvalue weighted by Crippen LogP contribution is -2.44. The zero-order valence-corrected chi connectivity index (χ0v) is 27.4. The second kappa shape index (κ2) is 16.5. The number of alkyl carbamates (subject to hydrolysis) is 1. The van der Waals surface area contributed by atoms with Crippen LogP contribution < -0.4 is 5.32 Å². The zero-order valence-electron chi connectivity index (χ0n) is 27.4. The first-order valence-corrected chi connectivity index (χ1v) is 16.1. The van der Waals surface area contributed by atoms with Crippen LogP contribution in [0, 0.1) is 5.92 Å². The van der Waals surface area contributed by atoms with Crippen molar-refractivity contribution >= 4 is 6.09 Å². The minimum atomic E-state index is -0.782. The molecule has 1 aliphatic rings. The van der Waals surface area contributed by atoms with Gasteiger partial charge in [0.05, 0.1) is 24.9 Å². The smallest absolute Gasteiger partial charge is 0.407 e. The summed E-state index contributed by atoms with van der Waals surface area (Å²) < 4.78 is 18.4. The molecule has 4 N–H and O–H groups in total. The molecule has 0 spiro atoms. The third-order valence-electron chi connectivity index (χ3n) is 8.54. The van der Waals surface area contributed by atoms with Crippen LogP contribution in [0.25, 0.3) is 11.1 Å². The van der Waals surface area contributed by atoms with Crippen LogP contribution in [0.5, 0.6) is 5.75 Å². The number of rotatable bonds is 13. The second-order valence-electron chi connectivity index (χ2n) is 12.2. The number of ether oxygens (including phenoxy) is 3. The van der Waals surface area contributed by atoms with E-state index in [1.807, 2.05) is 78.7 Å².